The highest BCUT2D eigenvalue weighted by atomic mass is 19.1. The zero-order valence-corrected chi connectivity index (χ0v) is 11.7. The maximum Gasteiger partial charge on any atom is 0.165 e. The molecule has 0 radical (unpaired) electrons. The van der Waals surface area contributed by atoms with E-state index in [0.717, 1.165) is 0 Å². The van der Waals surface area contributed by atoms with Crippen molar-refractivity contribution in [3.63, 3.8) is 0 Å². The van der Waals surface area contributed by atoms with Gasteiger partial charge in [-0.2, -0.15) is 0 Å². The first-order valence-corrected chi connectivity index (χ1v) is 6.35. The number of hydrogen-bond acceptors (Lipinski definition) is 3. The summed E-state index contributed by atoms with van der Waals surface area (Å²) in [6.07, 6.45) is 1.08. The molecule has 0 spiro atoms. The minimum absolute atomic E-state index is 0.157. The van der Waals surface area contributed by atoms with Gasteiger partial charge in [-0.3, -0.25) is 4.79 Å². The maximum absolute atomic E-state index is 13.8. The first-order chi connectivity index (χ1) is 8.73. The number of benzene rings is 1. The van der Waals surface area contributed by atoms with Gasteiger partial charge in [0.25, 0.3) is 0 Å². The lowest BCUT2D eigenvalue weighted by Crippen LogP contribution is -2.36. The fourth-order valence-electron chi connectivity index (χ4n) is 2.53. The standard InChI is InChI=1S/C15H19FO3/c1-14(2)8-13(15(3,4)19-14)18-12-6-5-10(9-17)7-11(12)16/h5-7,9,13H,8H2,1-4H3. The molecule has 4 heteroatoms. The summed E-state index contributed by atoms with van der Waals surface area (Å²) in [5, 5.41) is 0. The summed E-state index contributed by atoms with van der Waals surface area (Å²) < 4.78 is 25.5. The lowest BCUT2D eigenvalue weighted by Gasteiger charge is -2.27. The Morgan fingerprint density at radius 2 is 2.05 bits per heavy atom. The lowest BCUT2D eigenvalue weighted by molar-refractivity contribution is -0.0849. The molecule has 0 N–H and O–H groups in total. The van der Waals surface area contributed by atoms with Crippen molar-refractivity contribution in [3.8, 4) is 5.75 Å². The molecule has 1 aliphatic rings. The predicted molar refractivity (Wildman–Crippen MR) is 70.1 cm³/mol. The zero-order valence-electron chi connectivity index (χ0n) is 11.7. The molecule has 1 saturated heterocycles. The van der Waals surface area contributed by atoms with Crippen LogP contribution in [-0.2, 0) is 4.74 Å². The normalized spacial score (nSPS) is 24.2. The van der Waals surface area contributed by atoms with Crippen molar-refractivity contribution in [1.82, 2.24) is 0 Å². The first kappa shape index (κ1) is 14.0. The van der Waals surface area contributed by atoms with E-state index in [4.69, 9.17) is 9.47 Å². The van der Waals surface area contributed by atoms with Gasteiger partial charge >= 0.3 is 0 Å². The van der Waals surface area contributed by atoms with Crippen molar-refractivity contribution < 1.29 is 18.7 Å². The molecule has 2 rings (SSSR count). The number of rotatable bonds is 3. The Balaban J connectivity index is 2.20. The smallest absolute Gasteiger partial charge is 0.165 e. The summed E-state index contributed by atoms with van der Waals surface area (Å²) in [6.45, 7) is 7.85. The molecule has 0 saturated carbocycles. The first-order valence-electron chi connectivity index (χ1n) is 6.35. The van der Waals surface area contributed by atoms with Gasteiger partial charge in [0, 0.05) is 12.0 Å². The van der Waals surface area contributed by atoms with Crippen LogP contribution in [0.5, 0.6) is 5.75 Å². The van der Waals surface area contributed by atoms with Crippen molar-refractivity contribution in [2.24, 2.45) is 0 Å². The van der Waals surface area contributed by atoms with Crippen LogP contribution in [0.1, 0.15) is 44.5 Å². The molecule has 1 heterocycles. The number of ether oxygens (including phenoxy) is 2. The minimum atomic E-state index is -0.523. The van der Waals surface area contributed by atoms with E-state index in [-0.39, 0.29) is 17.5 Å². The highest BCUT2D eigenvalue weighted by molar-refractivity contribution is 5.74. The highest BCUT2D eigenvalue weighted by Crippen LogP contribution is 2.39. The minimum Gasteiger partial charge on any atom is -0.484 e. The van der Waals surface area contributed by atoms with Crippen molar-refractivity contribution in [2.75, 3.05) is 0 Å². The summed E-state index contributed by atoms with van der Waals surface area (Å²) in [7, 11) is 0. The highest BCUT2D eigenvalue weighted by Gasteiger charge is 2.47. The van der Waals surface area contributed by atoms with Gasteiger partial charge in [-0.15, -0.1) is 0 Å². The van der Waals surface area contributed by atoms with Gasteiger partial charge in [-0.25, -0.2) is 4.39 Å². The monoisotopic (exact) mass is 266 g/mol. The molecule has 1 aromatic rings. The molecule has 0 amide bonds. The summed E-state index contributed by atoms with van der Waals surface area (Å²) in [5.74, 6) is -0.366. The molecule has 1 unspecified atom stereocenters. The fraction of sp³-hybridized carbons (Fsp3) is 0.533. The molecule has 0 aliphatic carbocycles. The van der Waals surface area contributed by atoms with E-state index in [1.165, 1.54) is 12.1 Å². The van der Waals surface area contributed by atoms with Crippen molar-refractivity contribution in [1.29, 1.82) is 0 Å². The van der Waals surface area contributed by atoms with Crippen LogP contribution in [0.15, 0.2) is 18.2 Å². The average Bonchev–Trinajstić information content (AvgIpc) is 2.49. The maximum atomic E-state index is 13.8. The molecular formula is C15H19FO3. The number of carbonyl (C=O) groups is 1. The molecular weight excluding hydrogens is 247 g/mol. The lowest BCUT2D eigenvalue weighted by atomic mass is 9.97. The summed E-state index contributed by atoms with van der Waals surface area (Å²) >= 11 is 0. The van der Waals surface area contributed by atoms with Crippen LogP contribution in [-0.4, -0.2) is 23.6 Å². The number of hydrogen-bond donors (Lipinski definition) is 0. The van der Waals surface area contributed by atoms with Crippen LogP contribution in [0.2, 0.25) is 0 Å². The molecule has 1 fully saturated rings. The number of aldehydes is 1. The van der Waals surface area contributed by atoms with Gasteiger partial charge < -0.3 is 9.47 Å². The van der Waals surface area contributed by atoms with Gasteiger partial charge in [-0.05, 0) is 45.9 Å². The SMILES string of the molecule is CC1(C)CC(Oc2ccc(C=O)cc2F)C(C)(C)O1. The largest absolute Gasteiger partial charge is 0.484 e. The van der Waals surface area contributed by atoms with E-state index in [2.05, 4.69) is 0 Å². The van der Waals surface area contributed by atoms with Crippen molar-refractivity contribution in [3.05, 3.63) is 29.6 Å². The van der Waals surface area contributed by atoms with E-state index >= 15 is 0 Å². The predicted octanol–water partition coefficient (Wildman–Crippen LogP) is 3.36. The molecule has 1 aromatic carbocycles. The third-order valence-electron chi connectivity index (χ3n) is 3.35. The molecule has 19 heavy (non-hydrogen) atoms. The second-order valence-corrected chi connectivity index (χ2v) is 6.08. The molecule has 1 aliphatic heterocycles. The fourth-order valence-corrected chi connectivity index (χ4v) is 2.53. The van der Waals surface area contributed by atoms with Gasteiger partial charge in [0.1, 0.15) is 18.0 Å². The van der Waals surface area contributed by atoms with Crippen LogP contribution < -0.4 is 4.74 Å². The van der Waals surface area contributed by atoms with Gasteiger partial charge in [0.15, 0.2) is 11.6 Å². The van der Waals surface area contributed by atoms with E-state index in [1.54, 1.807) is 6.07 Å². The third-order valence-corrected chi connectivity index (χ3v) is 3.35. The zero-order chi connectivity index (χ0) is 14.3. The quantitative estimate of drug-likeness (QED) is 0.787. The number of carbonyl (C=O) groups excluding carboxylic acids is 1. The van der Waals surface area contributed by atoms with Crippen LogP contribution in [0.4, 0.5) is 4.39 Å². The summed E-state index contributed by atoms with van der Waals surface area (Å²) in [4.78, 5) is 10.6. The van der Waals surface area contributed by atoms with Crippen LogP contribution in [0.25, 0.3) is 0 Å². The number of halogens is 1. The van der Waals surface area contributed by atoms with E-state index < -0.39 is 11.4 Å². The molecule has 3 nitrogen and oxygen atoms in total. The molecule has 0 bridgehead atoms. The van der Waals surface area contributed by atoms with E-state index in [9.17, 15) is 9.18 Å². The molecule has 0 aromatic heterocycles. The molecule has 1 atom stereocenters. The van der Waals surface area contributed by atoms with Gasteiger partial charge in [0.2, 0.25) is 0 Å². The summed E-state index contributed by atoms with van der Waals surface area (Å²) in [5.41, 5.74) is -0.459. The second kappa shape index (κ2) is 4.60. The second-order valence-electron chi connectivity index (χ2n) is 6.08. The van der Waals surface area contributed by atoms with Crippen molar-refractivity contribution >= 4 is 6.29 Å². The van der Waals surface area contributed by atoms with Gasteiger partial charge in [-0.1, -0.05) is 0 Å². The average molecular weight is 266 g/mol. The van der Waals surface area contributed by atoms with Gasteiger partial charge in [0.05, 0.1) is 5.60 Å². The van der Waals surface area contributed by atoms with Crippen LogP contribution >= 0.6 is 0 Å². The Bertz CT molecular complexity index is 494. The third kappa shape index (κ3) is 2.95. The van der Waals surface area contributed by atoms with Crippen LogP contribution in [0, 0.1) is 5.82 Å². The van der Waals surface area contributed by atoms with Crippen molar-refractivity contribution in [2.45, 2.75) is 51.4 Å². The Morgan fingerprint density at radius 1 is 1.37 bits per heavy atom. The Hall–Kier alpha value is -1.42. The Kier molecular flexibility index (Phi) is 3.39. The van der Waals surface area contributed by atoms with Crippen LogP contribution in [0.3, 0.4) is 0 Å². The van der Waals surface area contributed by atoms with E-state index in [0.29, 0.717) is 18.3 Å². The Labute approximate surface area is 112 Å². The van der Waals surface area contributed by atoms with E-state index in [1.807, 2.05) is 27.7 Å². The Morgan fingerprint density at radius 3 is 2.53 bits per heavy atom. The topological polar surface area (TPSA) is 35.5 Å². The molecule has 104 valence electrons. The summed E-state index contributed by atoms with van der Waals surface area (Å²) in [6, 6.07) is 4.20.